The number of anilines is 1. The highest BCUT2D eigenvalue weighted by Gasteiger charge is 2.22. The second-order valence-electron chi connectivity index (χ2n) is 7.72. The van der Waals surface area contributed by atoms with Crippen molar-refractivity contribution >= 4 is 11.7 Å². The molecule has 2 heterocycles. The maximum atomic E-state index is 12.9. The maximum absolute atomic E-state index is 12.9. The predicted molar refractivity (Wildman–Crippen MR) is 116 cm³/mol. The molecule has 0 aliphatic carbocycles. The number of carbonyl (C=O) groups is 1. The molecular formula is C22H31N5O3. The summed E-state index contributed by atoms with van der Waals surface area (Å²) in [5.41, 5.74) is 1.62. The van der Waals surface area contributed by atoms with Crippen LogP contribution in [0.1, 0.15) is 36.0 Å². The van der Waals surface area contributed by atoms with Crippen LogP contribution in [0.25, 0.3) is 0 Å². The van der Waals surface area contributed by atoms with E-state index in [1.54, 1.807) is 26.2 Å². The van der Waals surface area contributed by atoms with Crippen LogP contribution in [0.2, 0.25) is 0 Å². The van der Waals surface area contributed by atoms with E-state index in [1.165, 1.54) is 0 Å². The minimum absolute atomic E-state index is 0.0212. The third kappa shape index (κ3) is 5.18. The summed E-state index contributed by atoms with van der Waals surface area (Å²) >= 11 is 0. The van der Waals surface area contributed by atoms with Crippen molar-refractivity contribution in [3.63, 3.8) is 0 Å². The zero-order chi connectivity index (χ0) is 21.7. The van der Waals surface area contributed by atoms with Crippen LogP contribution in [0, 0.1) is 0 Å². The first-order valence-electron chi connectivity index (χ1n) is 10.1. The van der Waals surface area contributed by atoms with Gasteiger partial charge in [-0.15, -0.1) is 0 Å². The Bertz CT molecular complexity index is 881. The molecule has 0 spiro atoms. The van der Waals surface area contributed by atoms with Crippen LogP contribution < -0.4 is 19.7 Å². The van der Waals surface area contributed by atoms with Crippen molar-refractivity contribution in [1.82, 2.24) is 20.2 Å². The first-order chi connectivity index (χ1) is 14.4. The zero-order valence-corrected chi connectivity index (χ0v) is 18.4. The summed E-state index contributed by atoms with van der Waals surface area (Å²) in [6, 6.07) is 7.58. The van der Waals surface area contributed by atoms with Gasteiger partial charge in [-0.25, -0.2) is 9.97 Å². The number of nitrogens with zero attached hydrogens (tertiary/aromatic N) is 4. The van der Waals surface area contributed by atoms with E-state index in [-0.39, 0.29) is 18.4 Å². The number of likely N-dealkylation sites (N-methyl/N-ethyl adjacent to an activating group) is 1. The van der Waals surface area contributed by atoms with Crippen LogP contribution in [0.4, 0.5) is 5.82 Å². The summed E-state index contributed by atoms with van der Waals surface area (Å²) in [5.74, 6) is 2.99. The lowest BCUT2D eigenvalue weighted by Gasteiger charge is -2.21. The Kier molecular flexibility index (Phi) is 7.10. The van der Waals surface area contributed by atoms with Gasteiger partial charge in [0.1, 0.15) is 23.1 Å². The SMILES string of the molecule is COc1ccc(OC)c(CC(=O)N(C)Cc2cc(N(C)C)nc([C@@H]3CCCN3)n2)c1. The Balaban J connectivity index is 1.76. The van der Waals surface area contributed by atoms with E-state index < -0.39 is 0 Å². The Morgan fingerprint density at radius 3 is 2.60 bits per heavy atom. The van der Waals surface area contributed by atoms with Gasteiger partial charge in [-0.05, 0) is 37.6 Å². The fraction of sp³-hybridized carbons (Fsp3) is 0.500. The lowest BCUT2D eigenvalue weighted by atomic mass is 10.1. The van der Waals surface area contributed by atoms with E-state index in [4.69, 9.17) is 19.4 Å². The van der Waals surface area contributed by atoms with E-state index in [0.717, 1.165) is 42.3 Å². The third-order valence-corrected chi connectivity index (χ3v) is 5.27. The molecule has 2 aromatic rings. The van der Waals surface area contributed by atoms with Crippen molar-refractivity contribution in [3.05, 3.63) is 41.3 Å². The average Bonchev–Trinajstić information content (AvgIpc) is 3.28. The standard InChI is InChI=1S/C22H31N5O3/c1-26(2)20-13-16(24-22(25-20)18-7-6-10-23-18)14-27(3)21(28)12-15-11-17(29-4)8-9-19(15)30-5/h8-9,11,13,18,23H,6-7,10,12,14H2,1-5H3/t18-/m0/s1. The van der Waals surface area contributed by atoms with Crippen LogP contribution in [0.15, 0.2) is 24.3 Å². The van der Waals surface area contributed by atoms with Crippen LogP contribution in [0.3, 0.4) is 0 Å². The maximum Gasteiger partial charge on any atom is 0.227 e. The molecule has 1 fully saturated rings. The lowest BCUT2D eigenvalue weighted by Crippen LogP contribution is -2.29. The van der Waals surface area contributed by atoms with Gasteiger partial charge in [-0.2, -0.15) is 0 Å². The first kappa shape index (κ1) is 21.8. The first-order valence-corrected chi connectivity index (χ1v) is 10.1. The van der Waals surface area contributed by atoms with Gasteiger partial charge in [0.2, 0.25) is 5.91 Å². The Labute approximate surface area is 178 Å². The average molecular weight is 414 g/mol. The summed E-state index contributed by atoms with van der Waals surface area (Å²) < 4.78 is 10.7. The highest BCUT2D eigenvalue weighted by molar-refractivity contribution is 5.79. The van der Waals surface area contributed by atoms with Crippen LogP contribution in [-0.4, -0.2) is 62.7 Å². The van der Waals surface area contributed by atoms with Crippen molar-refractivity contribution < 1.29 is 14.3 Å². The number of rotatable bonds is 8. The van der Waals surface area contributed by atoms with Gasteiger partial charge in [0.25, 0.3) is 0 Å². The van der Waals surface area contributed by atoms with Gasteiger partial charge in [0, 0.05) is 32.8 Å². The van der Waals surface area contributed by atoms with Crippen molar-refractivity contribution in [2.75, 3.05) is 46.8 Å². The second-order valence-corrected chi connectivity index (χ2v) is 7.72. The third-order valence-electron chi connectivity index (χ3n) is 5.27. The minimum Gasteiger partial charge on any atom is -0.497 e. The van der Waals surface area contributed by atoms with E-state index >= 15 is 0 Å². The summed E-state index contributed by atoms with van der Waals surface area (Å²) in [6.07, 6.45) is 2.37. The second kappa shape index (κ2) is 9.75. The molecule has 1 aromatic heterocycles. The van der Waals surface area contributed by atoms with E-state index in [0.29, 0.717) is 18.0 Å². The molecule has 1 amide bonds. The van der Waals surface area contributed by atoms with Crippen molar-refractivity contribution in [3.8, 4) is 11.5 Å². The predicted octanol–water partition coefficient (Wildman–Crippen LogP) is 2.19. The molecule has 1 aliphatic rings. The molecule has 30 heavy (non-hydrogen) atoms. The molecule has 3 rings (SSSR count). The molecule has 162 valence electrons. The summed E-state index contributed by atoms with van der Waals surface area (Å²) in [4.78, 5) is 26.0. The molecule has 1 aromatic carbocycles. The fourth-order valence-corrected chi connectivity index (χ4v) is 3.52. The van der Waals surface area contributed by atoms with Gasteiger partial charge >= 0.3 is 0 Å². The quantitative estimate of drug-likeness (QED) is 0.711. The number of hydrogen-bond donors (Lipinski definition) is 1. The van der Waals surface area contributed by atoms with Crippen LogP contribution >= 0.6 is 0 Å². The van der Waals surface area contributed by atoms with Crippen molar-refractivity contribution in [2.45, 2.75) is 31.8 Å². The van der Waals surface area contributed by atoms with Crippen molar-refractivity contribution in [1.29, 1.82) is 0 Å². The lowest BCUT2D eigenvalue weighted by molar-refractivity contribution is -0.129. The fourth-order valence-electron chi connectivity index (χ4n) is 3.52. The summed E-state index contributed by atoms with van der Waals surface area (Å²) in [5, 5.41) is 3.45. The summed E-state index contributed by atoms with van der Waals surface area (Å²) in [7, 11) is 8.92. The number of nitrogens with one attached hydrogen (secondary N) is 1. The van der Waals surface area contributed by atoms with Gasteiger partial charge in [0.05, 0.1) is 38.9 Å². The highest BCUT2D eigenvalue weighted by atomic mass is 16.5. The number of hydrogen-bond acceptors (Lipinski definition) is 7. The number of methoxy groups -OCH3 is 2. The van der Waals surface area contributed by atoms with Gasteiger partial charge in [-0.1, -0.05) is 0 Å². The highest BCUT2D eigenvalue weighted by Crippen LogP contribution is 2.25. The molecule has 8 nitrogen and oxygen atoms in total. The smallest absolute Gasteiger partial charge is 0.227 e. The van der Waals surface area contributed by atoms with Gasteiger partial charge < -0.3 is 24.6 Å². The molecule has 1 aliphatic heterocycles. The molecule has 0 saturated carbocycles. The minimum atomic E-state index is -0.0212. The van der Waals surface area contributed by atoms with Gasteiger partial charge in [-0.3, -0.25) is 4.79 Å². The number of benzene rings is 1. The Hall–Kier alpha value is -2.87. The van der Waals surface area contributed by atoms with E-state index in [9.17, 15) is 4.79 Å². The van der Waals surface area contributed by atoms with E-state index in [1.807, 2.05) is 43.3 Å². The zero-order valence-electron chi connectivity index (χ0n) is 18.4. The molecule has 1 N–H and O–H groups in total. The molecule has 8 heteroatoms. The molecule has 1 atom stereocenters. The molecule has 0 bridgehead atoms. The Morgan fingerprint density at radius 1 is 1.17 bits per heavy atom. The normalized spacial score (nSPS) is 15.7. The van der Waals surface area contributed by atoms with Gasteiger partial charge in [0.15, 0.2) is 0 Å². The Morgan fingerprint density at radius 2 is 1.97 bits per heavy atom. The van der Waals surface area contributed by atoms with Crippen molar-refractivity contribution in [2.24, 2.45) is 0 Å². The number of ether oxygens (including phenoxy) is 2. The number of aromatic nitrogens is 2. The monoisotopic (exact) mass is 413 g/mol. The van der Waals surface area contributed by atoms with E-state index in [2.05, 4.69) is 5.32 Å². The molecule has 0 unspecified atom stereocenters. The van der Waals surface area contributed by atoms with Crippen LogP contribution in [-0.2, 0) is 17.8 Å². The topological polar surface area (TPSA) is 79.8 Å². The number of carbonyl (C=O) groups excluding carboxylic acids is 1. The van der Waals surface area contributed by atoms with Crippen LogP contribution in [0.5, 0.6) is 11.5 Å². The largest absolute Gasteiger partial charge is 0.497 e. The molecule has 0 radical (unpaired) electrons. The molecular weight excluding hydrogens is 382 g/mol. The summed E-state index contributed by atoms with van der Waals surface area (Å²) in [6.45, 7) is 1.39. The number of amides is 1. The molecule has 1 saturated heterocycles.